The molecule has 0 radical (unpaired) electrons. The molecule has 0 unspecified atom stereocenters. The summed E-state index contributed by atoms with van der Waals surface area (Å²) in [5, 5.41) is 10.7. The number of nitrogen functional groups attached to an aromatic ring is 1. The minimum absolute atomic E-state index is 0.0167. The molecule has 18 nitrogen and oxygen atoms in total. The number of aromatic hydroxyl groups is 1. The quantitative estimate of drug-likeness (QED) is 0.154. The molecule has 7 heterocycles. The first-order valence-corrected chi connectivity index (χ1v) is 19.2. The maximum absolute atomic E-state index is 13.5. The predicted octanol–water partition coefficient (Wildman–Crippen LogP) is 3.20. The average molecular weight is 697 g/mol. The van der Waals surface area contributed by atoms with Crippen molar-refractivity contribution in [3.8, 4) is 5.88 Å². The van der Waals surface area contributed by atoms with Gasteiger partial charge in [-0.1, -0.05) is 24.5 Å². The van der Waals surface area contributed by atoms with Crippen LogP contribution in [0.5, 0.6) is 5.88 Å². The van der Waals surface area contributed by atoms with Crippen molar-refractivity contribution in [2.45, 2.75) is 37.3 Å². The summed E-state index contributed by atoms with van der Waals surface area (Å²) >= 11 is 8.47. The van der Waals surface area contributed by atoms with Crippen LogP contribution in [0.4, 0.5) is 5.82 Å². The largest absolute Gasteiger partial charge is 0.493 e. The Morgan fingerprint density at radius 1 is 0.889 bits per heavy atom. The van der Waals surface area contributed by atoms with Crippen LogP contribution in [0.2, 0.25) is 0 Å². The van der Waals surface area contributed by atoms with Crippen molar-refractivity contribution in [3.63, 3.8) is 0 Å². The van der Waals surface area contributed by atoms with Gasteiger partial charge in [-0.2, -0.15) is 4.98 Å². The van der Waals surface area contributed by atoms with Crippen LogP contribution in [0, 0.1) is 11.8 Å². The fourth-order valence-corrected chi connectivity index (χ4v) is 8.88. The summed E-state index contributed by atoms with van der Waals surface area (Å²) in [4.78, 5) is 25.6. The number of anilines is 1. The Hall–Kier alpha value is -2.80. The van der Waals surface area contributed by atoms with Crippen molar-refractivity contribution in [2.75, 3.05) is 25.6 Å². The lowest BCUT2D eigenvalue weighted by Crippen LogP contribution is -2.43. The standard InChI is InChI=1S/C23H26N10O8P2S2/c24-19-17-20(27-8-26-19)33(10-28-17)16-4-14-15(40-16)7-39-42(35,44)38-6-12-11(5-37-43(36,45)41-14)3-13(12)32-9-29-18-21(32)30-23-25-1-2-31(23)22(18)34/h1-2,8-16,34H,3-7H2,(H,35,44)(H,36,45)(H2,24,26,27)/t11-,12-,13-,14+,15-,16-,42+,43+/m1/s1. The SMILES string of the molecule is Nc1ncnc2c1ncn2[C@H]1C[C@@H]2O[P@@](=O)(S)OC[C@H]3C[C@@H](n4cnc5c(O)n6ccnc6nc54)[C@@H]3CO[P@](=O)(S)OC[C@H]2O1. The van der Waals surface area contributed by atoms with E-state index in [1.807, 2.05) is 4.57 Å². The molecule has 0 spiro atoms. The van der Waals surface area contributed by atoms with E-state index in [1.54, 1.807) is 17.1 Å². The number of thiol groups is 2. The van der Waals surface area contributed by atoms with Gasteiger partial charge in [-0.15, -0.1) is 0 Å². The van der Waals surface area contributed by atoms with E-state index in [0.717, 1.165) is 0 Å². The van der Waals surface area contributed by atoms with E-state index in [2.05, 4.69) is 54.4 Å². The first-order valence-electron chi connectivity index (χ1n) is 13.8. The van der Waals surface area contributed by atoms with Crippen LogP contribution in [0.3, 0.4) is 0 Å². The normalized spacial score (nSPS) is 34.5. The van der Waals surface area contributed by atoms with E-state index in [4.69, 9.17) is 28.6 Å². The van der Waals surface area contributed by atoms with Crippen LogP contribution in [0.15, 0.2) is 31.4 Å². The molecule has 238 valence electrons. The van der Waals surface area contributed by atoms with Gasteiger partial charge >= 0.3 is 13.6 Å². The number of rotatable bonds is 2. The lowest BCUT2D eigenvalue weighted by atomic mass is 9.70. The van der Waals surface area contributed by atoms with E-state index in [1.165, 1.54) is 23.3 Å². The molecular formula is C23H26N10O8P2S2. The van der Waals surface area contributed by atoms with Gasteiger partial charge in [-0.25, -0.2) is 34.0 Å². The molecule has 45 heavy (non-hydrogen) atoms. The Balaban J connectivity index is 1.04. The highest BCUT2D eigenvalue weighted by Gasteiger charge is 2.47. The number of ether oxygens (including phenoxy) is 1. The summed E-state index contributed by atoms with van der Waals surface area (Å²) < 4.78 is 61.0. The summed E-state index contributed by atoms with van der Waals surface area (Å²) in [6.45, 7) is -8.07. The second kappa shape index (κ2) is 10.9. The Labute approximate surface area is 264 Å². The topological polar surface area (TPSA) is 218 Å². The monoisotopic (exact) mass is 696 g/mol. The van der Waals surface area contributed by atoms with Gasteiger partial charge in [-0.3, -0.25) is 18.0 Å². The molecule has 8 rings (SSSR count). The molecule has 3 N–H and O–H groups in total. The van der Waals surface area contributed by atoms with Crippen molar-refractivity contribution in [3.05, 3.63) is 31.4 Å². The van der Waals surface area contributed by atoms with Gasteiger partial charge in [0.1, 0.15) is 30.3 Å². The zero-order valence-corrected chi connectivity index (χ0v) is 26.7. The summed E-state index contributed by atoms with van der Waals surface area (Å²) in [5.41, 5.74) is 7.48. The number of nitrogens with two attached hydrogens (primary N) is 1. The van der Waals surface area contributed by atoms with Crippen LogP contribution >= 0.6 is 38.1 Å². The van der Waals surface area contributed by atoms with Crippen LogP contribution in [0.25, 0.3) is 28.1 Å². The Morgan fingerprint density at radius 2 is 1.67 bits per heavy atom. The number of imidazole rings is 3. The zero-order valence-electron chi connectivity index (χ0n) is 23.1. The molecule has 5 aromatic heterocycles. The first kappa shape index (κ1) is 29.6. The average Bonchev–Trinajstić information content (AvgIpc) is 3.77. The molecule has 2 saturated heterocycles. The molecule has 1 saturated carbocycles. The molecule has 3 aliphatic rings. The van der Waals surface area contributed by atoms with Gasteiger partial charge in [0.25, 0.3) is 0 Å². The van der Waals surface area contributed by atoms with Crippen LogP contribution in [-0.2, 0) is 32.0 Å². The van der Waals surface area contributed by atoms with E-state index >= 15 is 0 Å². The smallest absolute Gasteiger partial charge is 0.386 e. The zero-order chi connectivity index (χ0) is 31.1. The summed E-state index contributed by atoms with van der Waals surface area (Å²) in [6.07, 6.45) is 5.90. The predicted molar refractivity (Wildman–Crippen MR) is 163 cm³/mol. The van der Waals surface area contributed by atoms with E-state index < -0.39 is 32.0 Å². The second-order valence-electron chi connectivity index (χ2n) is 11.0. The lowest BCUT2D eigenvalue weighted by molar-refractivity contribution is -0.0365. The summed E-state index contributed by atoms with van der Waals surface area (Å²) in [5.74, 6) is -0.0681. The molecule has 22 heteroatoms. The molecule has 2 aliphatic heterocycles. The fourth-order valence-electron chi connectivity index (χ4n) is 6.14. The highest BCUT2D eigenvalue weighted by molar-refractivity contribution is 8.44. The Morgan fingerprint density at radius 3 is 2.53 bits per heavy atom. The molecule has 8 atom stereocenters. The molecule has 0 aromatic carbocycles. The minimum atomic E-state index is -3.91. The van der Waals surface area contributed by atoms with E-state index in [-0.39, 0.29) is 55.8 Å². The molecule has 0 amide bonds. The molecule has 0 bridgehead atoms. The Kier molecular flexibility index (Phi) is 7.16. The maximum Gasteiger partial charge on any atom is 0.386 e. The first-order chi connectivity index (χ1) is 21.6. The molecule has 1 aliphatic carbocycles. The van der Waals surface area contributed by atoms with Gasteiger partial charge in [0.05, 0.1) is 32.5 Å². The minimum Gasteiger partial charge on any atom is -0.493 e. The number of hydrogen-bond acceptors (Lipinski definition) is 15. The van der Waals surface area contributed by atoms with Gasteiger partial charge in [-0.05, 0) is 12.3 Å². The molecule has 5 aromatic rings. The van der Waals surface area contributed by atoms with Gasteiger partial charge in [0.2, 0.25) is 11.7 Å². The van der Waals surface area contributed by atoms with Crippen LogP contribution in [-0.4, -0.2) is 80.6 Å². The maximum atomic E-state index is 13.5. The van der Waals surface area contributed by atoms with Crippen LogP contribution < -0.4 is 5.73 Å². The summed E-state index contributed by atoms with van der Waals surface area (Å²) in [7, 11) is 0. The third kappa shape index (κ3) is 5.21. The number of fused-ring (bicyclic) bond motifs is 5. The summed E-state index contributed by atoms with van der Waals surface area (Å²) in [6, 6.07) is -0.238. The van der Waals surface area contributed by atoms with Crippen molar-refractivity contribution in [1.82, 2.24) is 43.4 Å². The third-order valence-electron chi connectivity index (χ3n) is 8.47. The number of nitrogens with zero attached hydrogens (tertiary/aromatic N) is 9. The second-order valence-corrected chi connectivity index (χ2v) is 16.8. The van der Waals surface area contributed by atoms with Crippen molar-refractivity contribution in [1.29, 1.82) is 0 Å². The van der Waals surface area contributed by atoms with Gasteiger partial charge < -0.3 is 29.2 Å². The van der Waals surface area contributed by atoms with Crippen LogP contribution in [0.1, 0.15) is 25.1 Å². The van der Waals surface area contributed by atoms with Gasteiger partial charge in [0.15, 0.2) is 22.6 Å². The van der Waals surface area contributed by atoms with Gasteiger partial charge in [0, 0.05) is 30.8 Å². The Bertz CT molecular complexity index is 2040. The van der Waals surface area contributed by atoms with Crippen molar-refractivity contribution in [2.24, 2.45) is 11.8 Å². The highest BCUT2D eigenvalue weighted by Crippen LogP contribution is 2.60. The highest BCUT2D eigenvalue weighted by atomic mass is 32.7. The van der Waals surface area contributed by atoms with E-state index in [9.17, 15) is 14.2 Å². The number of aromatic nitrogens is 9. The van der Waals surface area contributed by atoms with Crippen molar-refractivity contribution < 1.29 is 37.1 Å². The lowest BCUT2D eigenvalue weighted by Gasteiger charge is -2.45. The third-order valence-corrected chi connectivity index (χ3v) is 11.8. The van der Waals surface area contributed by atoms with E-state index in [0.29, 0.717) is 34.5 Å². The molecule has 3 fully saturated rings. The fraction of sp³-hybridized carbons (Fsp3) is 0.478. The number of hydrogen-bond donors (Lipinski definition) is 4. The van der Waals surface area contributed by atoms with Crippen molar-refractivity contribution >= 4 is 72.0 Å². The molecular weight excluding hydrogens is 670 g/mol.